The molecule has 0 bridgehead atoms. The number of halogens is 1. The van der Waals surface area contributed by atoms with Gasteiger partial charge in [-0.2, -0.15) is 5.26 Å². The normalized spacial score (nSPS) is 19.4. The van der Waals surface area contributed by atoms with E-state index in [1.807, 2.05) is 6.07 Å². The van der Waals surface area contributed by atoms with Gasteiger partial charge in [0.25, 0.3) is 0 Å². The molecule has 3 heterocycles. The van der Waals surface area contributed by atoms with Gasteiger partial charge in [-0.1, -0.05) is 30.3 Å². The maximum absolute atomic E-state index is 9.37. The van der Waals surface area contributed by atoms with Gasteiger partial charge < -0.3 is 10.2 Å². The van der Waals surface area contributed by atoms with Crippen LogP contribution < -0.4 is 10.2 Å². The Kier molecular flexibility index (Phi) is 6.65. The number of piperidine rings is 1. The van der Waals surface area contributed by atoms with Crippen molar-refractivity contribution in [2.75, 3.05) is 31.1 Å². The fourth-order valence-electron chi connectivity index (χ4n) is 3.97. The van der Waals surface area contributed by atoms with E-state index in [0.717, 1.165) is 69.9 Å². The van der Waals surface area contributed by atoms with Crippen LogP contribution in [0.1, 0.15) is 35.5 Å². The third kappa shape index (κ3) is 4.58. The first-order chi connectivity index (χ1) is 12.8. The van der Waals surface area contributed by atoms with Crippen LogP contribution in [0.25, 0.3) is 0 Å². The lowest BCUT2D eigenvalue weighted by Crippen LogP contribution is -2.36. The van der Waals surface area contributed by atoms with Crippen molar-refractivity contribution < 1.29 is 0 Å². The Labute approximate surface area is 167 Å². The van der Waals surface area contributed by atoms with E-state index in [2.05, 4.69) is 40.6 Å². The fourth-order valence-corrected chi connectivity index (χ4v) is 3.97. The SMILES string of the molecule is Cl.N#CC1CCCN(c2nc(Cc3ccccc3)nc3c2CCNCC3)C1. The molecule has 1 saturated heterocycles. The first-order valence-electron chi connectivity index (χ1n) is 9.61. The van der Waals surface area contributed by atoms with Crippen molar-refractivity contribution in [3.05, 3.63) is 53.0 Å². The van der Waals surface area contributed by atoms with Gasteiger partial charge in [0.2, 0.25) is 0 Å². The van der Waals surface area contributed by atoms with Crippen LogP contribution in [-0.4, -0.2) is 36.1 Å². The number of anilines is 1. The van der Waals surface area contributed by atoms with E-state index in [4.69, 9.17) is 9.97 Å². The summed E-state index contributed by atoms with van der Waals surface area (Å²) in [7, 11) is 0. The average Bonchev–Trinajstić information content (AvgIpc) is 2.94. The van der Waals surface area contributed by atoms with Gasteiger partial charge in [0.1, 0.15) is 11.6 Å². The maximum Gasteiger partial charge on any atom is 0.135 e. The summed E-state index contributed by atoms with van der Waals surface area (Å²) in [6.07, 6.45) is 4.72. The Morgan fingerprint density at radius 3 is 2.78 bits per heavy atom. The van der Waals surface area contributed by atoms with Gasteiger partial charge in [-0.05, 0) is 31.4 Å². The lowest BCUT2D eigenvalue weighted by molar-refractivity contribution is 0.488. The molecule has 0 radical (unpaired) electrons. The molecule has 0 aliphatic carbocycles. The fraction of sp³-hybridized carbons (Fsp3) is 0.476. The summed E-state index contributed by atoms with van der Waals surface area (Å²) >= 11 is 0. The molecule has 0 amide bonds. The molecule has 2 aliphatic heterocycles. The number of fused-ring (bicyclic) bond motifs is 1. The molecule has 0 spiro atoms. The second-order valence-corrected chi connectivity index (χ2v) is 7.22. The van der Waals surface area contributed by atoms with Crippen molar-refractivity contribution >= 4 is 18.2 Å². The van der Waals surface area contributed by atoms with E-state index in [1.54, 1.807) is 0 Å². The minimum absolute atomic E-state index is 0. The molecule has 0 saturated carbocycles. The van der Waals surface area contributed by atoms with Gasteiger partial charge in [0.05, 0.1) is 17.7 Å². The third-order valence-electron chi connectivity index (χ3n) is 5.32. The van der Waals surface area contributed by atoms with E-state index in [1.165, 1.54) is 16.8 Å². The van der Waals surface area contributed by atoms with Crippen molar-refractivity contribution in [1.29, 1.82) is 5.26 Å². The molecular formula is C21H26ClN5. The van der Waals surface area contributed by atoms with Gasteiger partial charge in [-0.15, -0.1) is 12.4 Å². The van der Waals surface area contributed by atoms with Crippen LogP contribution in [0, 0.1) is 17.2 Å². The van der Waals surface area contributed by atoms with E-state index in [-0.39, 0.29) is 18.3 Å². The van der Waals surface area contributed by atoms with Crippen molar-refractivity contribution in [2.45, 2.75) is 32.1 Å². The molecule has 1 atom stereocenters. The van der Waals surface area contributed by atoms with Gasteiger partial charge in [0, 0.05) is 38.0 Å². The van der Waals surface area contributed by atoms with E-state index in [9.17, 15) is 5.26 Å². The number of nitriles is 1. The van der Waals surface area contributed by atoms with Gasteiger partial charge in [-0.25, -0.2) is 9.97 Å². The number of nitrogens with one attached hydrogen (secondary N) is 1. The van der Waals surface area contributed by atoms with Gasteiger partial charge >= 0.3 is 0 Å². The molecule has 1 aromatic carbocycles. The molecule has 1 N–H and O–H groups in total. The van der Waals surface area contributed by atoms with Crippen LogP contribution in [0.4, 0.5) is 5.82 Å². The number of benzene rings is 1. The largest absolute Gasteiger partial charge is 0.355 e. The molecule has 2 aliphatic rings. The first-order valence-corrected chi connectivity index (χ1v) is 9.61. The summed E-state index contributed by atoms with van der Waals surface area (Å²) in [5.74, 6) is 2.08. The third-order valence-corrected chi connectivity index (χ3v) is 5.32. The molecule has 5 nitrogen and oxygen atoms in total. The van der Waals surface area contributed by atoms with Crippen molar-refractivity contribution in [1.82, 2.24) is 15.3 Å². The average molecular weight is 384 g/mol. The van der Waals surface area contributed by atoms with Crippen molar-refractivity contribution in [3.8, 4) is 6.07 Å². The maximum atomic E-state index is 9.37. The highest BCUT2D eigenvalue weighted by atomic mass is 35.5. The molecule has 2 aromatic rings. The van der Waals surface area contributed by atoms with E-state index < -0.39 is 0 Å². The quantitative estimate of drug-likeness (QED) is 0.882. The Bertz CT molecular complexity index is 802. The second kappa shape index (κ2) is 9.16. The van der Waals surface area contributed by atoms with Crippen LogP contribution in [0.5, 0.6) is 0 Å². The predicted molar refractivity (Wildman–Crippen MR) is 109 cm³/mol. The van der Waals surface area contributed by atoms with Crippen LogP contribution in [0.2, 0.25) is 0 Å². The molecule has 1 fully saturated rings. The monoisotopic (exact) mass is 383 g/mol. The van der Waals surface area contributed by atoms with E-state index >= 15 is 0 Å². The summed E-state index contributed by atoms with van der Waals surface area (Å²) in [5.41, 5.74) is 3.70. The number of hydrogen-bond donors (Lipinski definition) is 1. The first kappa shape index (κ1) is 19.6. The lowest BCUT2D eigenvalue weighted by Gasteiger charge is -2.32. The second-order valence-electron chi connectivity index (χ2n) is 7.22. The Morgan fingerprint density at radius 2 is 1.96 bits per heavy atom. The zero-order valence-corrected chi connectivity index (χ0v) is 16.3. The smallest absolute Gasteiger partial charge is 0.135 e. The highest BCUT2D eigenvalue weighted by Gasteiger charge is 2.25. The minimum atomic E-state index is 0. The van der Waals surface area contributed by atoms with Crippen LogP contribution in [0.15, 0.2) is 30.3 Å². The topological polar surface area (TPSA) is 64.8 Å². The number of aromatic nitrogens is 2. The summed E-state index contributed by atoms with van der Waals surface area (Å²) in [4.78, 5) is 12.2. The Morgan fingerprint density at radius 1 is 1.15 bits per heavy atom. The lowest BCUT2D eigenvalue weighted by atomic mass is 9.98. The van der Waals surface area contributed by atoms with Crippen LogP contribution in [0.3, 0.4) is 0 Å². The van der Waals surface area contributed by atoms with Crippen LogP contribution in [-0.2, 0) is 19.3 Å². The Hall–Kier alpha value is -2.16. The van der Waals surface area contributed by atoms with Crippen molar-refractivity contribution in [2.24, 2.45) is 5.92 Å². The molecule has 142 valence electrons. The summed E-state index contributed by atoms with van der Waals surface area (Å²) in [6.45, 7) is 3.71. The molecule has 27 heavy (non-hydrogen) atoms. The Balaban J connectivity index is 0.00000210. The standard InChI is InChI=1S/C21H25N5.ClH/c22-14-17-7-4-12-26(15-17)21-18-8-10-23-11-9-19(18)24-20(25-21)13-16-5-2-1-3-6-16;/h1-3,5-6,17,23H,4,7-13,15H2;1H. The zero-order valence-electron chi connectivity index (χ0n) is 15.5. The molecule has 1 unspecified atom stereocenters. The number of hydrogen-bond acceptors (Lipinski definition) is 5. The summed E-state index contributed by atoms with van der Waals surface area (Å²) in [6, 6.07) is 12.9. The molecule has 6 heteroatoms. The minimum Gasteiger partial charge on any atom is -0.355 e. The van der Waals surface area contributed by atoms with Gasteiger partial charge in [0.15, 0.2) is 0 Å². The molecule has 4 rings (SSSR count). The summed E-state index contributed by atoms with van der Waals surface area (Å²) < 4.78 is 0. The number of rotatable bonds is 3. The van der Waals surface area contributed by atoms with E-state index in [0.29, 0.717) is 0 Å². The van der Waals surface area contributed by atoms with Crippen LogP contribution >= 0.6 is 12.4 Å². The van der Waals surface area contributed by atoms with Crippen molar-refractivity contribution in [3.63, 3.8) is 0 Å². The highest BCUT2D eigenvalue weighted by Crippen LogP contribution is 2.28. The highest BCUT2D eigenvalue weighted by molar-refractivity contribution is 5.85. The zero-order chi connectivity index (χ0) is 17.8. The molecule has 1 aromatic heterocycles. The molecular weight excluding hydrogens is 358 g/mol. The number of nitrogens with zero attached hydrogens (tertiary/aromatic N) is 4. The van der Waals surface area contributed by atoms with Gasteiger partial charge in [-0.3, -0.25) is 0 Å². The summed E-state index contributed by atoms with van der Waals surface area (Å²) in [5, 5.41) is 12.8. The predicted octanol–water partition coefficient (Wildman–Crippen LogP) is 2.92.